The van der Waals surface area contributed by atoms with E-state index < -0.39 is 0 Å². The Labute approximate surface area is 262 Å². The van der Waals surface area contributed by atoms with Crippen LogP contribution in [-0.2, 0) is 0 Å². The zero-order valence-electron chi connectivity index (χ0n) is 24.2. The average molecular weight is 592 g/mol. The second-order valence-corrected chi connectivity index (χ2v) is 12.6. The van der Waals surface area contributed by atoms with Gasteiger partial charge in [-0.25, -0.2) is 4.98 Å². The number of benzene rings is 7. The second kappa shape index (κ2) is 9.39. The van der Waals surface area contributed by atoms with E-state index in [2.05, 4.69) is 161 Å². The van der Waals surface area contributed by atoms with Crippen molar-refractivity contribution in [2.24, 2.45) is 0 Å². The summed E-state index contributed by atoms with van der Waals surface area (Å²) in [6.07, 6.45) is 0. The van der Waals surface area contributed by atoms with E-state index in [1.165, 1.54) is 76.0 Å². The highest BCUT2D eigenvalue weighted by Crippen LogP contribution is 2.42. The van der Waals surface area contributed by atoms with Crippen LogP contribution in [0.25, 0.3) is 86.5 Å². The van der Waals surface area contributed by atoms with E-state index in [-0.39, 0.29) is 0 Å². The standard InChI is InChI=1S/C41H25N3S/c1-2-12-26(13-3-1)43-35-19-9-6-16-29(35)32-25-39-33(24-38(32)43)30-17-7-10-20-36(30)44(39)37-23-22-31(27-14-4-5-15-28(27)37)41-42-34-18-8-11-21-40(34)45-41/h1-25H. The smallest absolute Gasteiger partial charge is 0.125 e. The lowest BCUT2D eigenvalue weighted by Crippen LogP contribution is -1.96. The molecule has 0 N–H and O–H groups in total. The van der Waals surface area contributed by atoms with Crippen LogP contribution in [-0.4, -0.2) is 14.1 Å². The second-order valence-electron chi connectivity index (χ2n) is 11.6. The van der Waals surface area contributed by atoms with Gasteiger partial charge < -0.3 is 9.13 Å². The summed E-state index contributed by atoms with van der Waals surface area (Å²) in [6, 6.07) is 54.8. The minimum Gasteiger partial charge on any atom is -0.309 e. The average Bonchev–Trinajstić information content (AvgIpc) is 3.77. The molecular weight excluding hydrogens is 567 g/mol. The normalized spacial score (nSPS) is 12.0. The molecule has 45 heavy (non-hydrogen) atoms. The molecule has 0 aliphatic rings. The Hall–Kier alpha value is -5.71. The molecule has 0 spiro atoms. The van der Waals surface area contributed by atoms with E-state index in [0.717, 1.165) is 10.5 Å². The van der Waals surface area contributed by atoms with Crippen molar-refractivity contribution in [2.45, 2.75) is 0 Å². The topological polar surface area (TPSA) is 22.8 Å². The molecule has 10 aromatic rings. The largest absolute Gasteiger partial charge is 0.309 e. The van der Waals surface area contributed by atoms with Gasteiger partial charge in [0.1, 0.15) is 5.01 Å². The van der Waals surface area contributed by atoms with Crippen LogP contribution in [0.5, 0.6) is 0 Å². The third-order valence-electron chi connectivity index (χ3n) is 9.15. The maximum absolute atomic E-state index is 5.03. The van der Waals surface area contributed by atoms with E-state index in [1.54, 1.807) is 11.3 Å². The van der Waals surface area contributed by atoms with Crippen LogP contribution in [0.1, 0.15) is 0 Å². The minimum atomic E-state index is 1.05. The summed E-state index contributed by atoms with van der Waals surface area (Å²) in [5, 5.41) is 8.48. The van der Waals surface area contributed by atoms with Crippen LogP contribution in [0.4, 0.5) is 0 Å². The molecule has 0 saturated heterocycles. The van der Waals surface area contributed by atoms with Gasteiger partial charge >= 0.3 is 0 Å². The molecule has 0 fully saturated rings. The van der Waals surface area contributed by atoms with Crippen LogP contribution in [0.2, 0.25) is 0 Å². The van der Waals surface area contributed by atoms with E-state index in [0.29, 0.717) is 0 Å². The van der Waals surface area contributed by atoms with Gasteiger partial charge in [0, 0.05) is 38.2 Å². The Bertz CT molecular complexity index is 2730. The van der Waals surface area contributed by atoms with Gasteiger partial charge in [0.25, 0.3) is 0 Å². The fourth-order valence-electron chi connectivity index (χ4n) is 7.20. The molecule has 10 rings (SSSR count). The van der Waals surface area contributed by atoms with Crippen molar-refractivity contribution in [2.75, 3.05) is 0 Å². The van der Waals surface area contributed by atoms with Gasteiger partial charge in [-0.05, 0) is 66.0 Å². The van der Waals surface area contributed by atoms with Crippen molar-refractivity contribution in [3.8, 4) is 21.9 Å². The van der Waals surface area contributed by atoms with Gasteiger partial charge in [-0.2, -0.15) is 0 Å². The molecular formula is C41H25N3S. The lowest BCUT2D eigenvalue weighted by molar-refractivity contribution is 1.18. The molecule has 0 aliphatic carbocycles. The minimum absolute atomic E-state index is 1.05. The Morgan fingerprint density at radius 3 is 1.73 bits per heavy atom. The third-order valence-corrected chi connectivity index (χ3v) is 10.2. The highest BCUT2D eigenvalue weighted by molar-refractivity contribution is 7.21. The number of hydrogen-bond acceptors (Lipinski definition) is 2. The number of para-hydroxylation sites is 4. The molecule has 0 saturated carbocycles. The van der Waals surface area contributed by atoms with Crippen LogP contribution >= 0.6 is 11.3 Å². The van der Waals surface area contributed by atoms with E-state index >= 15 is 0 Å². The van der Waals surface area contributed by atoms with Crippen molar-refractivity contribution in [1.29, 1.82) is 0 Å². The number of rotatable bonds is 3. The summed E-state index contributed by atoms with van der Waals surface area (Å²) >= 11 is 1.76. The molecule has 0 bridgehead atoms. The molecule has 210 valence electrons. The summed E-state index contributed by atoms with van der Waals surface area (Å²) in [4.78, 5) is 5.03. The first-order valence-corrected chi connectivity index (χ1v) is 16.0. The van der Waals surface area contributed by atoms with Crippen molar-refractivity contribution >= 4 is 75.9 Å². The summed E-state index contributed by atoms with van der Waals surface area (Å²) < 4.78 is 6.07. The molecule has 0 unspecified atom stereocenters. The Balaban J connectivity index is 1.30. The number of thiazole rings is 1. The molecule has 3 heterocycles. The van der Waals surface area contributed by atoms with Gasteiger partial charge in [0.05, 0.1) is 38.0 Å². The fraction of sp³-hybridized carbons (Fsp3) is 0. The maximum Gasteiger partial charge on any atom is 0.125 e. The van der Waals surface area contributed by atoms with E-state index in [4.69, 9.17) is 4.98 Å². The predicted molar refractivity (Wildman–Crippen MR) is 191 cm³/mol. The highest BCUT2D eigenvalue weighted by atomic mass is 32.1. The Morgan fingerprint density at radius 1 is 0.422 bits per heavy atom. The summed E-state index contributed by atoms with van der Waals surface area (Å²) in [5.74, 6) is 0. The first-order chi connectivity index (χ1) is 22.3. The van der Waals surface area contributed by atoms with Gasteiger partial charge in [0.15, 0.2) is 0 Å². The zero-order chi connectivity index (χ0) is 29.5. The molecule has 7 aromatic carbocycles. The summed E-state index contributed by atoms with van der Waals surface area (Å²) in [5.41, 5.74) is 9.40. The summed E-state index contributed by atoms with van der Waals surface area (Å²) in [7, 11) is 0. The zero-order valence-corrected chi connectivity index (χ0v) is 25.0. The van der Waals surface area contributed by atoms with Crippen LogP contribution in [0.15, 0.2) is 152 Å². The predicted octanol–water partition coefficient (Wildman–Crippen LogP) is 11.3. The van der Waals surface area contributed by atoms with Crippen molar-refractivity contribution in [1.82, 2.24) is 14.1 Å². The molecule has 3 aromatic heterocycles. The van der Waals surface area contributed by atoms with Crippen molar-refractivity contribution in [3.63, 3.8) is 0 Å². The Kier molecular flexibility index (Phi) is 5.16. The van der Waals surface area contributed by atoms with Crippen molar-refractivity contribution in [3.05, 3.63) is 152 Å². The van der Waals surface area contributed by atoms with Gasteiger partial charge in [-0.15, -0.1) is 11.3 Å². The number of aromatic nitrogens is 3. The molecule has 0 radical (unpaired) electrons. The first-order valence-electron chi connectivity index (χ1n) is 15.2. The van der Waals surface area contributed by atoms with Crippen LogP contribution in [0.3, 0.4) is 0 Å². The number of fused-ring (bicyclic) bond motifs is 8. The molecule has 4 heteroatoms. The quantitative estimate of drug-likeness (QED) is 0.200. The molecule has 0 atom stereocenters. The van der Waals surface area contributed by atoms with Gasteiger partial charge in [0.2, 0.25) is 0 Å². The maximum atomic E-state index is 5.03. The molecule has 3 nitrogen and oxygen atoms in total. The third kappa shape index (κ3) is 3.54. The monoisotopic (exact) mass is 591 g/mol. The van der Waals surface area contributed by atoms with E-state index in [1.807, 2.05) is 0 Å². The Morgan fingerprint density at radius 2 is 1.00 bits per heavy atom. The van der Waals surface area contributed by atoms with Crippen LogP contribution in [0, 0.1) is 0 Å². The molecule has 0 aliphatic heterocycles. The lowest BCUT2D eigenvalue weighted by Gasteiger charge is -2.14. The highest BCUT2D eigenvalue weighted by Gasteiger charge is 2.20. The molecule has 0 amide bonds. The van der Waals surface area contributed by atoms with E-state index in [9.17, 15) is 0 Å². The number of hydrogen-bond donors (Lipinski definition) is 0. The first kappa shape index (κ1) is 24.7. The number of nitrogens with zero attached hydrogens (tertiary/aromatic N) is 3. The van der Waals surface area contributed by atoms with Gasteiger partial charge in [-0.1, -0.05) is 91.0 Å². The van der Waals surface area contributed by atoms with Gasteiger partial charge in [-0.3, -0.25) is 0 Å². The van der Waals surface area contributed by atoms with Crippen molar-refractivity contribution < 1.29 is 0 Å². The SMILES string of the molecule is c1ccc(-n2c3ccccc3c3cc4c(cc32)c2ccccc2n4-c2ccc(-c3nc4ccccc4s3)c3ccccc23)cc1. The summed E-state index contributed by atoms with van der Waals surface area (Å²) in [6.45, 7) is 0. The lowest BCUT2D eigenvalue weighted by atomic mass is 10.0. The van der Waals surface area contributed by atoms with Crippen LogP contribution < -0.4 is 0 Å². The fourth-order valence-corrected chi connectivity index (χ4v) is 8.20.